The number of ether oxygens (including phenoxy) is 2. The van der Waals surface area contributed by atoms with Gasteiger partial charge in [-0.1, -0.05) is 12.2 Å². The number of rotatable bonds is 3. The van der Waals surface area contributed by atoms with Gasteiger partial charge in [0.25, 0.3) is 0 Å². The highest BCUT2D eigenvalue weighted by Crippen LogP contribution is 2.44. The first-order valence-corrected chi connectivity index (χ1v) is 9.00. The third-order valence-electron chi connectivity index (χ3n) is 5.26. The summed E-state index contributed by atoms with van der Waals surface area (Å²) in [6.45, 7) is 4.44. The predicted octanol–water partition coefficient (Wildman–Crippen LogP) is 3.91. The van der Waals surface area contributed by atoms with Gasteiger partial charge in [-0.05, 0) is 32.0 Å². The van der Waals surface area contributed by atoms with E-state index in [4.69, 9.17) is 9.47 Å². The van der Waals surface area contributed by atoms with Crippen LogP contribution in [0.2, 0.25) is 0 Å². The third kappa shape index (κ3) is 3.38. The molecule has 0 aromatic heterocycles. The Hall–Kier alpha value is -2.22. The second kappa shape index (κ2) is 6.44. The molecule has 2 saturated heterocycles. The minimum absolute atomic E-state index is 0.0102. The van der Waals surface area contributed by atoms with E-state index in [-0.39, 0.29) is 41.6 Å². The average Bonchev–Trinajstić information content (AvgIpc) is 3.27. The van der Waals surface area contributed by atoms with Crippen molar-refractivity contribution in [3.05, 3.63) is 35.9 Å². The van der Waals surface area contributed by atoms with Crippen LogP contribution in [0.25, 0.3) is 0 Å². The average molecular weight is 382 g/mol. The molecule has 8 heteroatoms. The number of benzene rings is 1. The van der Waals surface area contributed by atoms with E-state index in [0.717, 1.165) is 6.07 Å². The van der Waals surface area contributed by atoms with E-state index >= 15 is 0 Å². The van der Waals surface area contributed by atoms with Crippen molar-refractivity contribution < 1.29 is 27.4 Å². The Morgan fingerprint density at radius 2 is 1.85 bits per heavy atom. The first kappa shape index (κ1) is 18.2. The molecule has 0 aliphatic carbocycles. The van der Waals surface area contributed by atoms with Crippen LogP contribution in [-0.4, -0.2) is 42.3 Å². The van der Waals surface area contributed by atoms with Crippen molar-refractivity contribution >= 4 is 11.7 Å². The van der Waals surface area contributed by atoms with Gasteiger partial charge in [-0.2, -0.15) is 13.2 Å². The predicted molar refractivity (Wildman–Crippen MR) is 92.6 cm³/mol. The smallest absolute Gasteiger partial charge is 0.418 e. The van der Waals surface area contributed by atoms with Crippen LogP contribution in [0, 0.1) is 11.8 Å². The van der Waals surface area contributed by atoms with Crippen LogP contribution in [0.3, 0.4) is 0 Å². The summed E-state index contributed by atoms with van der Waals surface area (Å²) < 4.78 is 51.4. The summed E-state index contributed by atoms with van der Waals surface area (Å²) in [5.41, 5.74) is -1.18. The van der Waals surface area contributed by atoms with Crippen LogP contribution in [0.1, 0.15) is 19.4 Å². The van der Waals surface area contributed by atoms with Crippen molar-refractivity contribution in [2.24, 2.45) is 11.8 Å². The molecule has 4 unspecified atom stereocenters. The summed E-state index contributed by atoms with van der Waals surface area (Å²) in [7, 11) is 0. The Labute approximate surface area is 155 Å². The highest BCUT2D eigenvalue weighted by atomic mass is 19.4. The molecule has 5 nitrogen and oxygen atoms in total. The lowest BCUT2D eigenvalue weighted by atomic mass is 9.86. The number of alkyl halides is 3. The number of nitrogens with zero attached hydrogens (tertiary/aromatic N) is 1. The molecular formula is C19H21F3N2O3. The second-order valence-corrected chi connectivity index (χ2v) is 7.48. The Kier molecular flexibility index (Phi) is 4.33. The summed E-state index contributed by atoms with van der Waals surface area (Å²) >= 11 is 0. The highest BCUT2D eigenvalue weighted by Gasteiger charge is 2.51. The van der Waals surface area contributed by atoms with E-state index in [2.05, 4.69) is 5.32 Å². The fraction of sp³-hybridized carbons (Fsp3) is 0.526. The number of anilines is 1. The van der Waals surface area contributed by atoms with E-state index in [1.54, 1.807) is 18.7 Å². The van der Waals surface area contributed by atoms with Crippen molar-refractivity contribution in [1.29, 1.82) is 0 Å². The summed E-state index contributed by atoms with van der Waals surface area (Å²) in [5.74, 6) is 0.551. The molecule has 0 saturated carbocycles. The largest absolute Gasteiger partial charge is 0.491 e. The summed E-state index contributed by atoms with van der Waals surface area (Å²) in [6.07, 6.45) is -0.823. The molecule has 146 valence electrons. The van der Waals surface area contributed by atoms with Crippen molar-refractivity contribution in [2.45, 2.75) is 38.3 Å². The first-order chi connectivity index (χ1) is 12.7. The number of urea groups is 1. The van der Waals surface area contributed by atoms with Crippen molar-refractivity contribution in [2.75, 3.05) is 18.4 Å². The van der Waals surface area contributed by atoms with Gasteiger partial charge < -0.3 is 19.7 Å². The number of carbonyl (C=O) groups is 1. The second-order valence-electron chi connectivity index (χ2n) is 7.48. The van der Waals surface area contributed by atoms with Crippen molar-refractivity contribution in [3.8, 4) is 5.75 Å². The van der Waals surface area contributed by atoms with E-state index < -0.39 is 17.8 Å². The molecule has 4 rings (SSSR count). The standard InChI is InChI=1S/C19H21F3N2O3/c1-10(2)26-11-3-4-15(14(7-11)19(20,21)22)23-18(25)24-8-12-13(9-24)17-6-5-16(12)27-17/h3-7,10,12-13,16-17H,8-9H2,1-2H3,(H,23,25). The van der Waals surface area contributed by atoms with Crippen LogP contribution in [0.5, 0.6) is 5.75 Å². The Morgan fingerprint density at radius 1 is 1.22 bits per heavy atom. The molecule has 3 aliphatic heterocycles. The minimum Gasteiger partial charge on any atom is -0.491 e. The quantitative estimate of drug-likeness (QED) is 0.807. The third-order valence-corrected chi connectivity index (χ3v) is 5.26. The zero-order chi connectivity index (χ0) is 19.3. The summed E-state index contributed by atoms with van der Waals surface area (Å²) in [6, 6.07) is 3.07. The molecule has 4 atom stereocenters. The van der Waals surface area contributed by atoms with Gasteiger partial charge in [0.1, 0.15) is 5.75 Å². The molecule has 2 amide bonds. The molecule has 27 heavy (non-hydrogen) atoms. The van der Waals surface area contributed by atoms with E-state index in [1.165, 1.54) is 12.1 Å². The van der Waals surface area contributed by atoms with E-state index in [0.29, 0.717) is 13.1 Å². The lowest BCUT2D eigenvalue weighted by Gasteiger charge is -2.22. The van der Waals surface area contributed by atoms with Gasteiger partial charge in [-0.25, -0.2) is 4.79 Å². The van der Waals surface area contributed by atoms with Gasteiger partial charge in [0.15, 0.2) is 0 Å². The number of halogens is 3. The number of fused-ring (bicyclic) bond motifs is 5. The number of carbonyl (C=O) groups excluding carboxylic acids is 1. The van der Waals surface area contributed by atoms with Crippen LogP contribution >= 0.6 is 0 Å². The fourth-order valence-electron chi connectivity index (χ4n) is 4.10. The molecule has 1 aromatic rings. The Morgan fingerprint density at radius 3 is 2.41 bits per heavy atom. The van der Waals surface area contributed by atoms with Gasteiger partial charge in [0.05, 0.1) is 29.6 Å². The molecule has 0 spiro atoms. The highest BCUT2D eigenvalue weighted by molar-refractivity contribution is 5.90. The lowest BCUT2D eigenvalue weighted by Crippen LogP contribution is -2.35. The Bertz CT molecular complexity index is 758. The molecular weight excluding hydrogens is 361 g/mol. The number of likely N-dealkylation sites (tertiary alicyclic amines) is 1. The van der Waals surface area contributed by atoms with Gasteiger partial charge in [0, 0.05) is 24.9 Å². The number of amides is 2. The zero-order valence-electron chi connectivity index (χ0n) is 15.0. The monoisotopic (exact) mass is 382 g/mol. The van der Waals surface area contributed by atoms with E-state index in [1.807, 2.05) is 12.2 Å². The van der Waals surface area contributed by atoms with Crippen molar-refractivity contribution in [1.82, 2.24) is 4.90 Å². The SMILES string of the molecule is CC(C)Oc1ccc(NC(=O)N2CC3C4C=CC(O4)C3C2)c(C(F)(F)F)c1. The van der Waals surface area contributed by atoms with Gasteiger partial charge in [-0.3, -0.25) is 0 Å². The molecule has 0 radical (unpaired) electrons. The maximum absolute atomic E-state index is 13.4. The van der Waals surface area contributed by atoms with Crippen LogP contribution in [0.4, 0.5) is 23.7 Å². The van der Waals surface area contributed by atoms with Crippen LogP contribution < -0.4 is 10.1 Å². The van der Waals surface area contributed by atoms with E-state index in [9.17, 15) is 18.0 Å². The van der Waals surface area contributed by atoms with Gasteiger partial charge in [0.2, 0.25) is 0 Å². The van der Waals surface area contributed by atoms with Gasteiger partial charge >= 0.3 is 12.2 Å². The maximum atomic E-state index is 13.4. The fourth-order valence-corrected chi connectivity index (χ4v) is 4.10. The molecule has 1 aromatic carbocycles. The van der Waals surface area contributed by atoms with Crippen LogP contribution in [-0.2, 0) is 10.9 Å². The molecule has 3 heterocycles. The zero-order valence-corrected chi connectivity index (χ0v) is 15.0. The molecule has 3 aliphatic rings. The topological polar surface area (TPSA) is 50.8 Å². The number of hydrogen-bond acceptors (Lipinski definition) is 3. The van der Waals surface area contributed by atoms with Crippen molar-refractivity contribution in [3.63, 3.8) is 0 Å². The molecule has 2 bridgehead atoms. The van der Waals surface area contributed by atoms with Crippen LogP contribution in [0.15, 0.2) is 30.4 Å². The normalized spacial score (nSPS) is 28.7. The molecule has 1 N–H and O–H groups in total. The molecule has 2 fully saturated rings. The summed E-state index contributed by atoms with van der Waals surface area (Å²) in [5, 5.41) is 2.43. The van der Waals surface area contributed by atoms with Gasteiger partial charge in [-0.15, -0.1) is 0 Å². The number of hydrogen-bond donors (Lipinski definition) is 1. The summed E-state index contributed by atoms with van der Waals surface area (Å²) in [4.78, 5) is 14.1. The number of nitrogens with one attached hydrogen (secondary N) is 1. The Balaban J connectivity index is 1.49. The first-order valence-electron chi connectivity index (χ1n) is 9.00. The maximum Gasteiger partial charge on any atom is 0.418 e. The minimum atomic E-state index is -4.60. The lowest BCUT2D eigenvalue weighted by molar-refractivity contribution is -0.137.